The molecule has 1 aromatic rings. The van der Waals surface area contributed by atoms with Gasteiger partial charge in [0.15, 0.2) is 0 Å². The predicted molar refractivity (Wildman–Crippen MR) is 98.6 cm³/mol. The predicted octanol–water partition coefficient (Wildman–Crippen LogP) is 1.95. The minimum atomic E-state index is -4.59. The molecule has 4 N–H and O–H groups in total. The zero-order valence-corrected chi connectivity index (χ0v) is 16.3. The number of hydroxylamine groups is 1. The molecule has 0 fully saturated rings. The summed E-state index contributed by atoms with van der Waals surface area (Å²) in [5, 5.41) is 12.9. The number of rotatable bonds is 10. The summed E-state index contributed by atoms with van der Waals surface area (Å²) >= 11 is 0. The van der Waals surface area contributed by atoms with Gasteiger partial charge in [0, 0.05) is 18.8 Å². The highest BCUT2D eigenvalue weighted by atomic mass is 19.4. The molecule has 0 radical (unpaired) electrons. The van der Waals surface area contributed by atoms with Crippen LogP contribution in [0.5, 0.6) is 0 Å². The number of carbonyl (C=O) groups is 3. The van der Waals surface area contributed by atoms with Crippen molar-refractivity contribution in [2.24, 2.45) is 11.8 Å². The van der Waals surface area contributed by atoms with E-state index in [0.29, 0.717) is 12.0 Å². The standard InChI is InChI=1S/C19H26F3N3O4/c1-12(2)8-14(10-16(26)25-29)17(27)24-15(9-13-6-4-3-5-7-13)18(28)23-11-19(20,21)22/h3-7,12,14-15,29H,8-11H2,1-2H3,(H,23,28)(H,24,27)(H,25,26)/t14-,15+/m1/s1. The molecule has 29 heavy (non-hydrogen) atoms. The van der Waals surface area contributed by atoms with Gasteiger partial charge in [-0.15, -0.1) is 0 Å². The third kappa shape index (κ3) is 9.93. The van der Waals surface area contributed by atoms with Crippen LogP contribution in [0.15, 0.2) is 30.3 Å². The van der Waals surface area contributed by atoms with Gasteiger partial charge in [0.1, 0.15) is 12.6 Å². The first-order chi connectivity index (χ1) is 13.5. The van der Waals surface area contributed by atoms with E-state index >= 15 is 0 Å². The van der Waals surface area contributed by atoms with E-state index in [0.717, 1.165) is 0 Å². The molecule has 3 amide bonds. The lowest BCUT2D eigenvalue weighted by Gasteiger charge is -2.23. The molecular weight excluding hydrogens is 391 g/mol. The van der Waals surface area contributed by atoms with Crippen LogP contribution in [0.4, 0.5) is 13.2 Å². The molecule has 0 saturated heterocycles. The number of halogens is 3. The molecule has 2 atom stereocenters. The quantitative estimate of drug-likeness (QED) is 0.345. The summed E-state index contributed by atoms with van der Waals surface area (Å²) in [6.07, 6.45) is -4.63. The normalized spacial score (nSPS) is 13.5. The van der Waals surface area contributed by atoms with E-state index in [1.165, 1.54) is 5.48 Å². The Bertz CT molecular complexity index is 681. The SMILES string of the molecule is CC(C)C[C@H](CC(=O)NO)C(=O)N[C@@H](Cc1ccccc1)C(=O)NCC(F)(F)F. The fraction of sp³-hybridized carbons (Fsp3) is 0.526. The van der Waals surface area contributed by atoms with Crippen LogP contribution in [0.1, 0.15) is 32.3 Å². The molecule has 0 aromatic heterocycles. The lowest BCUT2D eigenvalue weighted by atomic mass is 9.92. The number of amides is 3. The van der Waals surface area contributed by atoms with Gasteiger partial charge in [-0.1, -0.05) is 44.2 Å². The monoisotopic (exact) mass is 417 g/mol. The Hall–Kier alpha value is -2.62. The second kappa shape index (κ2) is 11.4. The van der Waals surface area contributed by atoms with Crippen molar-refractivity contribution in [2.75, 3.05) is 6.54 Å². The highest BCUT2D eigenvalue weighted by Gasteiger charge is 2.32. The Morgan fingerprint density at radius 1 is 1.07 bits per heavy atom. The van der Waals surface area contributed by atoms with Gasteiger partial charge in [-0.3, -0.25) is 19.6 Å². The van der Waals surface area contributed by atoms with E-state index in [2.05, 4.69) is 5.32 Å². The molecule has 0 bridgehead atoms. The van der Waals surface area contributed by atoms with Crippen LogP contribution in [0.3, 0.4) is 0 Å². The topological polar surface area (TPSA) is 108 Å². The number of alkyl halides is 3. The first-order valence-electron chi connectivity index (χ1n) is 9.13. The molecule has 1 rings (SSSR count). The highest BCUT2D eigenvalue weighted by Crippen LogP contribution is 2.17. The molecule has 0 aliphatic rings. The molecule has 1 aromatic carbocycles. The van der Waals surface area contributed by atoms with Gasteiger partial charge in [-0.25, -0.2) is 5.48 Å². The zero-order chi connectivity index (χ0) is 22.0. The van der Waals surface area contributed by atoms with E-state index in [1.54, 1.807) is 35.6 Å². The van der Waals surface area contributed by atoms with E-state index in [-0.39, 0.29) is 18.8 Å². The average molecular weight is 417 g/mol. The van der Waals surface area contributed by atoms with Gasteiger partial charge < -0.3 is 10.6 Å². The number of carbonyl (C=O) groups excluding carboxylic acids is 3. The van der Waals surface area contributed by atoms with Gasteiger partial charge in [0.05, 0.1) is 0 Å². The maximum atomic E-state index is 12.7. The lowest BCUT2D eigenvalue weighted by molar-refractivity contribution is -0.141. The van der Waals surface area contributed by atoms with Crippen LogP contribution in [0.2, 0.25) is 0 Å². The third-order valence-electron chi connectivity index (χ3n) is 4.06. The van der Waals surface area contributed by atoms with Gasteiger partial charge in [-0.05, 0) is 17.9 Å². The number of benzene rings is 1. The minimum absolute atomic E-state index is 0.0170. The van der Waals surface area contributed by atoms with Crippen molar-refractivity contribution >= 4 is 17.7 Å². The largest absolute Gasteiger partial charge is 0.405 e. The second-order valence-electron chi connectivity index (χ2n) is 7.15. The fourth-order valence-corrected chi connectivity index (χ4v) is 2.78. The van der Waals surface area contributed by atoms with Crippen molar-refractivity contribution in [2.45, 2.75) is 45.3 Å². The average Bonchev–Trinajstić information content (AvgIpc) is 2.64. The van der Waals surface area contributed by atoms with Crippen LogP contribution < -0.4 is 16.1 Å². The molecular formula is C19H26F3N3O4. The summed E-state index contributed by atoms with van der Waals surface area (Å²) in [6, 6.07) is 7.26. The van der Waals surface area contributed by atoms with Crippen molar-refractivity contribution in [3.8, 4) is 0 Å². The van der Waals surface area contributed by atoms with E-state index in [9.17, 15) is 27.6 Å². The summed E-state index contributed by atoms with van der Waals surface area (Å²) in [5.74, 6) is -3.22. The summed E-state index contributed by atoms with van der Waals surface area (Å²) in [7, 11) is 0. The third-order valence-corrected chi connectivity index (χ3v) is 4.06. The Kier molecular flexibility index (Phi) is 9.60. The molecule has 0 aliphatic heterocycles. The van der Waals surface area contributed by atoms with Crippen molar-refractivity contribution < 1.29 is 32.8 Å². The Labute approximate surface area is 167 Å². The summed E-state index contributed by atoms with van der Waals surface area (Å²) in [6.45, 7) is 2.14. The van der Waals surface area contributed by atoms with E-state index in [1.807, 2.05) is 13.8 Å². The second-order valence-corrected chi connectivity index (χ2v) is 7.15. The smallest absolute Gasteiger partial charge is 0.345 e. The Morgan fingerprint density at radius 2 is 1.69 bits per heavy atom. The molecule has 0 saturated carbocycles. The van der Waals surface area contributed by atoms with Crippen molar-refractivity contribution in [3.05, 3.63) is 35.9 Å². The van der Waals surface area contributed by atoms with Gasteiger partial charge in [0.2, 0.25) is 17.7 Å². The van der Waals surface area contributed by atoms with Gasteiger partial charge in [0.25, 0.3) is 0 Å². The van der Waals surface area contributed by atoms with E-state index < -0.39 is 42.4 Å². The summed E-state index contributed by atoms with van der Waals surface area (Å²) in [4.78, 5) is 36.5. The zero-order valence-electron chi connectivity index (χ0n) is 16.3. The summed E-state index contributed by atoms with van der Waals surface area (Å²) in [5.41, 5.74) is 2.10. The van der Waals surface area contributed by atoms with Crippen LogP contribution in [0, 0.1) is 11.8 Å². The van der Waals surface area contributed by atoms with Crippen LogP contribution in [-0.4, -0.2) is 41.7 Å². The maximum absolute atomic E-state index is 12.7. The molecule has 7 nitrogen and oxygen atoms in total. The van der Waals surface area contributed by atoms with Gasteiger partial charge in [-0.2, -0.15) is 13.2 Å². The van der Waals surface area contributed by atoms with Crippen molar-refractivity contribution in [3.63, 3.8) is 0 Å². The van der Waals surface area contributed by atoms with Crippen LogP contribution in [0.25, 0.3) is 0 Å². The van der Waals surface area contributed by atoms with Crippen LogP contribution >= 0.6 is 0 Å². The number of hydrogen-bond acceptors (Lipinski definition) is 4. The molecule has 162 valence electrons. The summed E-state index contributed by atoms with van der Waals surface area (Å²) < 4.78 is 37.4. The van der Waals surface area contributed by atoms with E-state index in [4.69, 9.17) is 5.21 Å². The first-order valence-corrected chi connectivity index (χ1v) is 9.13. The Balaban J connectivity index is 2.95. The molecule has 0 heterocycles. The number of nitrogens with one attached hydrogen (secondary N) is 3. The minimum Gasteiger partial charge on any atom is -0.345 e. The van der Waals surface area contributed by atoms with Crippen LogP contribution in [-0.2, 0) is 20.8 Å². The molecule has 0 spiro atoms. The van der Waals surface area contributed by atoms with Crippen molar-refractivity contribution in [1.29, 1.82) is 0 Å². The maximum Gasteiger partial charge on any atom is 0.405 e. The fourth-order valence-electron chi connectivity index (χ4n) is 2.78. The first kappa shape index (κ1) is 24.4. The molecule has 0 aliphatic carbocycles. The molecule has 10 heteroatoms. The Morgan fingerprint density at radius 3 is 2.21 bits per heavy atom. The molecule has 0 unspecified atom stereocenters. The highest BCUT2D eigenvalue weighted by molar-refractivity contribution is 5.90. The number of hydrogen-bond donors (Lipinski definition) is 4. The van der Waals surface area contributed by atoms with Gasteiger partial charge >= 0.3 is 6.18 Å². The lowest BCUT2D eigenvalue weighted by Crippen LogP contribution is -2.51. The van der Waals surface area contributed by atoms with Crippen molar-refractivity contribution in [1.82, 2.24) is 16.1 Å².